The molecule has 1 aromatic carbocycles. The van der Waals surface area contributed by atoms with Crippen LogP contribution in [0.15, 0.2) is 48.7 Å². The van der Waals surface area contributed by atoms with Crippen molar-refractivity contribution in [1.82, 2.24) is 15.6 Å². The van der Waals surface area contributed by atoms with Gasteiger partial charge in [-0.1, -0.05) is 30.3 Å². The van der Waals surface area contributed by atoms with Gasteiger partial charge in [-0.25, -0.2) is 9.78 Å². The Hall–Kier alpha value is -2.56. The Morgan fingerprint density at radius 3 is 2.62 bits per heavy atom. The van der Waals surface area contributed by atoms with E-state index >= 15 is 0 Å². The summed E-state index contributed by atoms with van der Waals surface area (Å²) in [6.07, 6.45) is 7.41. The van der Waals surface area contributed by atoms with E-state index < -0.39 is 0 Å². The number of aryl methyl sites for hydroxylation is 1. The minimum Gasteiger partial charge on any atom is -0.357 e. The van der Waals surface area contributed by atoms with Crippen molar-refractivity contribution in [2.75, 3.05) is 24.5 Å². The van der Waals surface area contributed by atoms with Crippen molar-refractivity contribution in [3.8, 4) is 0 Å². The number of nitrogens with zero attached hydrogens (tertiary/aromatic N) is 2. The van der Waals surface area contributed by atoms with Gasteiger partial charge in [-0.15, -0.1) is 0 Å². The van der Waals surface area contributed by atoms with Crippen LogP contribution in [0.25, 0.3) is 0 Å². The zero-order valence-corrected chi connectivity index (χ0v) is 15.3. The van der Waals surface area contributed by atoms with Gasteiger partial charge in [0.2, 0.25) is 0 Å². The fourth-order valence-electron chi connectivity index (χ4n) is 3.24. The van der Waals surface area contributed by atoms with Gasteiger partial charge in [-0.2, -0.15) is 0 Å². The first kappa shape index (κ1) is 18.2. The van der Waals surface area contributed by atoms with E-state index in [-0.39, 0.29) is 6.03 Å². The third-order valence-electron chi connectivity index (χ3n) is 4.71. The number of pyridine rings is 1. The predicted molar refractivity (Wildman–Crippen MR) is 105 cm³/mol. The first-order chi connectivity index (χ1) is 12.8. The number of urea groups is 1. The molecule has 2 N–H and O–H groups in total. The average Bonchev–Trinajstić information content (AvgIpc) is 3.22. The molecule has 1 fully saturated rings. The van der Waals surface area contributed by atoms with E-state index in [1.807, 2.05) is 18.3 Å². The standard InChI is InChI=1S/C21H28N4O/c26-21(23-12-5-4-10-18-8-2-1-3-9-18)24-17-19-11-13-22-20(16-19)25-14-6-7-15-25/h1-3,8-9,11,13,16H,4-7,10,12,14-15,17H2,(H2,23,24,26). The molecule has 5 heteroatoms. The summed E-state index contributed by atoms with van der Waals surface area (Å²) < 4.78 is 0. The zero-order valence-electron chi connectivity index (χ0n) is 15.3. The van der Waals surface area contributed by atoms with Crippen LogP contribution in [-0.4, -0.2) is 30.6 Å². The van der Waals surface area contributed by atoms with Crippen molar-refractivity contribution in [1.29, 1.82) is 0 Å². The monoisotopic (exact) mass is 352 g/mol. The van der Waals surface area contributed by atoms with Crippen molar-refractivity contribution in [3.63, 3.8) is 0 Å². The number of nitrogens with one attached hydrogen (secondary N) is 2. The summed E-state index contributed by atoms with van der Waals surface area (Å²) in [6, 6.07) is 14.4. The lowest BCUT2D eigenvalue weighted by Crippen LogP contribution is -2.35. The molecule has 0 saturated carbocycles. The molecule has 2 amide bonds. The van der Waals surface area contributed by atoms with E-state index in [0.29, 0.717) is 13.1 Å². The second kappa shape index (κ2) is 9.80. The lowest BCUT2D eigenvalue weighted by atomic mass is 10.1. The van der Waals surface area contributed by atoms with E-state index in [0.717, 1.165) is 43.7 Å². The van der Waals surface area contributed by atoms with Crippen LogP contribution in [0, 0.1) is 0 Å². The number of rotatable bonds is 8. The van der Waals surface area contributed by atoms with Gasteiger partial charge in [-0.3, -0.25) is 0 Å². The van der Waals surface area contributed by atoms with Crippen LogP contribution < -0.4 is 15.5 Å². The van der Waals surface area contributed by atoms with Crippen LogP contribution >= 0.6 is 0 Å². The third-order valence-corrected chi connectivity index (χ3v) is 4.71. The van der Waals surface area contributed by atoms with Gasteiger partial charge in [0, 0.05) is 32.4 Å². The molecule has 138 valence electrons. The van der Waals surface area contributed by atoms with Crippen LogP contribution in [0.4, 0.5) is 10.6 Å². The fraction of sp³-hybridized carbons (Fsp3) is 0.429. The Morgan fingerprint density at radius 1 is 1.00 bits per heavy atom. The van der Waals surface area contributed by atoms with Gasteiger partial charge in [0.05, 0.1) is 0 Å². The molecule has 0 aliphatic carbocycles. The van der Waals surface area contributed by atoms with Crippen molar-refractivity contribution < 1.29 is 4.79 Å². The molecule has 0 unspecified atom stereocenters. The number of aromatic nitrogens is 1. The first-order valence-corrected chi connectivity index (χ1v) is 9.57. The maximum atomic E-state index is 11.9. The Balaban J connectivity index is 1.32. The molecule has 1 aliphatic rings. The largest absolute Gasteiger partial charge is 0.357 e. The fourth-order valence-corrected chi connectivity index (χ4v) is 3.24. The summed E-state index contributed by atoms with van der Waals surface area (Å²) in [5.74, 6) is 1.02. The van der Waals surface area contributed by atoms with Crippen molar-refractivity contribution in [2.45, 2.75) is 38.6 Å². The van der Waals surface area contributed by atoms with Crippen LogP contribution in [-0.2, 0) is 13.0 Å². The van der Waals surface area contributed by atoms with Crippen molar-refractivity contribution in [2.24, 2.45) is 0 Å². The lowest BCUT2D eigenvalue weighted by Gasteiger charge is -2.17. The van der Waals surface area contributed by atoms with E-state index in [1.165, 1.54) is 18.4 Å². The molecule has 26 heavy (non-hydrogen) atoms. The molecule has 1 saturated heterocycles. The quantitative estimate of drug-likeness (QED) is 0.715. The highest BCUT2D eigenvalue weighted by Crippen LogP contribution is 2.18. The maximum Gasteiger partial charge on any atom is 0.315 e. The summed E-state index contributed by atoms with van der Waals surface area (Å²) in [7, 11) is 0. The molecule has 0 radical (unpaired) electrons. The molecule has 0 spiro atoms. The first-order valence-electron chi connectivity index (χ1n) is 9.57. The molecule has 1 aliphatic heterocycles. The smallest absolute Gasteiger partial charge is 0.315 e. The molecule has 2 heterocycles. The molecule has 0 bridgehead atoms. The number of unbranched alkanes of at least 4 members (excludes halogenated alkanes) is 1. The summed E-state index contributed by atoms with van der Waals surface area (Å²) in [6.45, 7) is 3.38. The van der Waals surface area contributed by atoms with E-state index in [9.17, 15) is 4.79 Å². The highest BCUT2D eigenvalue weighted by atomic mass is 16.2. The van der Waals surface area contributed by atoms with E-state index in [4.69, 9.17) is 0 Å². The van der Waals surface area contributed by atoms with Gasteiger partial charge in [-0.05, 0) is 55.4 Å². The van der Waals surface area contributed by atoms with Crippen molar-refractivity contribution in [3.05, 3.63) is 59.8 Å². The minimum absolute atomic E-state index is 0.107. The van der Waals surface area contributed by atoms with Gasteiger partial charge < -0.3 is 15.5 Å². The van der Waals surface area contributed by atoms with Crippen LogP contribution in [0.3, 0.4) is 0 Å². The number of hydrogen-bond donors (Lipinski definition) is 2. The summed E-state index contributed by atoms with van der Waals surface area (Å²) >= 11 is 0. The molecule has 0 atom stereocenters. The molecule has 1 aromatic heterocycles. The lowest BCUT2D eigenvalue weighted by molar-refractivity contribution is 0.240. The summed E-state index contributed by atoms with van der Waals surface area (Å²) in [5, 5.41) is 5.86. The van der Waals surface area contributed by atoms with Crippen LogP contribution in [0.5, 0.6) is 0 Å². The van der Waals surface area contributed by atoms with E-state index in [2.05, 4.69) is 50.8 Å². The minimum atomic E-state index is -0.107. The molecular formula is C21H28N4O. The Morgan fingerprint density at radius 2 is 1.81 bits per heavy atom. The summed E-state index contributed by atoms with van der Waals surface area (Å²) in [5.41, 5.74) is 2.43. The summed E-state index contributed by atoms with van der Waals surface area (Å²) in [4.78, 5) is 18.7. The normalized spacial score (nSPS) is 13.6. The molecule has 2 aromatic rings. The Bertz CT molecular complexity index is 683. The number of amides is 2. The van der Waals surface area contributed by atoms with Crippen LogP contribution in [0.1, 0.15) is 36.8 Å². The Kier molecular flexibility index (Phi) is 6.88. The molecular weight excluding hydrogens is 324 g/mol. The number of anilines is 1. The SMILES string of the molecule is O=C(NCCCCc1ccccc1)NCc1ccnc(N2CCCC2)c1. The number of carbonyl (C=O) groups excluding carboxylic acids is 1. The maximum absolute atomic E-state index is 11.9. The van der Waals surface area contributed by atoms with Gasteiger partial charge in [0.1, 0.15) is 5.82 Å². The molecule has 3 rings (SSSR count). The van der Waals surface area contributed by atoms with Crippen molar-refractivity contribution >= 4 is 11.8 Å². The Labute approximate surface area is 155 Å². The highest BCUT2D eigenvalue weighted by molar-refractivity contribution is 5.73. The number of benzene rings is 1. The van der Waals surface area contributed by atoms with Gasteiger partial charge >= 0.3 is 6.03 Å². The van der Waals surface area contributed by atoms with Crippen LogP contribution in [0.2, 0.25) is 0 Å². The second-order valence-corrected chi connectivity index (χ2v) is 6.77. The molecule has 5 nitrogen and oxygen atoms in total. The van der Waals surface area contributed by atoms with Gasteiger partial charge in [0.25, 0.3) is 0 Å². The topological polar surface area (TPSA) is 57.3 Å². The number of carbonyl (C=O) groups is 1. The zero-order chi connectivity index (χ0) is 18.0. The predicted octanol–water partition coefficient (Wildman–Crippen LogP) is 3.50. The van der Waals surface area contributed by atoms with Gasteiger partial charge in [0.15, 0.2) is 0 Å². The third kappa shape index (κ3) is 5.76. The highest BCUT2D eigenvalue weighted by Gasteiger charge is 2.13. The van der Waals surface area contributed by atoms with E-state index in [1.54, 1.807) is 0 Å². The second-order valence-electron chi connectivity index (χ2n) is 6.77. The number of hydrogen-bond acceptors (Lipinski definition) is 3. The average molecular weight is 352 g/mol.